The van der Waals surface area contributed by atoms with Crippen LogP contribution in [0.3, 0.4) is 0 Å². The smallest absolute Gasteiger partial charge is 0.191 e. The number of benzene rings is 1. The van der Waals surface area contributed by atoms with E-state index in [-0.39, 0.29) is 24.0 Å². The first-order valence-electron chi connectivity index (χ1n) is 8.76. The predicted molar refractivity (Wildman–Crippen MR) is 116 cm³/mol. The van der Waals surface area contributed by atoms with Gasteiger partial charge in [0.2, 0.25) is 0 Å². The number of aliphatic imine (C=N–C) groups is 1. The molecule has 0 spiro atoms. The molecule has 4 nitrogen and oxygen atoms in total. The van der Waals surface area contributed by atoms with Crippen molar-refractivity contribution in [2.75, 3.05) is 27.2 Å². The molecule has 0 aliphatic rings. The molecule has 0 saturated carbocycles. The number of hydrogen-bond donors (Lipinski definition) is 2. The number of halogens is 1. The number of guanidine groups is 1. The minimum atomic E-state index is 0. The fourth-order valence-corrected chi connectivity index (χ4v) is 2.38. The minimum Gasteiger partial charge on any atom is -0.356 e. The van der Waals surface area contributed by atoms with Gasteiger partial charge in [0, 0.05) is 26.7 Å². The van der Waals surface area contributed by atoms with Gasteiger partial charge in [-0.3, -0.25) is 4.99 Å². The highest BCUT2D eigenvalue weighted by atomic mass is 127. The normalized spacial score (nSPS) is 11.5. The van der Waals surface area contributed by atoms with Crippen molar-refractivity contribution in [2.45, 2.75) is 46.7 Å². The monoisotopic (exact) mass is 446 g/mol. The van der Waals surface area contributed by atoms with E-state index >= 15 is 0 Å². The summed E-state index contributed by atoms with van der Waals surface area (Å²) in [6.07, 6.45) is 2.42. The minimum absolute atomic E-state index is 0. The summed E-state index contributed by atoms with van der Waals surface area (Å²) in [6.45, 7) is 10.5. The van der Waals surface area contributed by atoms with E-state index in [4.69, 9.17) is 0 Å². The van der Waals surface area contributed by atoms with E-state index in [1.807, 2.05) is 7.05 Å². The quantitative estimate of drug-likeness (QED) is 0.262. The second-order valence-electron chi connectivity index (χ2n) is 6.54. The largest absolute Gasteiger partial charge is 0.356 e. The van der Waals surface area contributed by atoms with Gasteiger partial charge in [-0.1, -0.05) is 45.0 Å². The van der Waals surface area contributed by atoms with Crippen molar-refractivity contribution in [3.63, 3.8) is 0 Å². The second-order valence-corrected chi connectivity index (χ2v) is 6.54. The first kappa shape index (κ1) is 23.2. The molecular formula is C19H35IN4. The zero-order valence-electron chi connectivity index (χ0n) is 15.9. The van der Waals surface area contributed by atoms with Gasteiger partial charge in [0.25, 0.3) is 0 Å². The Hall–Kier alpha value is -0.820. The average molecular weight is 446 g/mol. The zero-order chi connectivity index (χ0) is 17.1. The molecule has 0 bridgehead atoms. The Morgan fingerprint density at radius 3 is 2.54 bits per heavy atom. The Balaban J connectivity index is 0.00000529. The Labute approximate surface area is 165 Å². The molecule has 0 atom stereocenters. The van der Waals surface area contributed by atoms with Crippen LogP contribution in [0.25, 0.3) is 0 Å². The highest BCUT2D eigenvalue weighted by Gasteiger charge is 2.02. The van der Waals surface area contributed by atoms with Crippen LogP contribution in [0.5, 0.6) is 0 Å². The van der Waals surface area contributed by atoms with Gasteiger partial charge < -0.3 is 15.5 Å². The molecule has 0 radical (unpaired) electrons. The first-order chi connectivity index (χ1) is 11.0. The van der Waals surface area contributed by atoms with Crippen molar-refractivity contribution in [3.8, 4) is 0 Å². The SMILES string of the molecule is CCN(C)Cc1cccc(CNC(=NC)NCCCC(C)C)c1.I. The van der Waals surface area contributed by atoms with Crippen LogP contribution in [0.15, 0.2) is 29.3 Å². The standard InChI is InChI=1S/C19H34N4.HI/c1-6-23(5)15-18-11-7-10-17(13-18)14-22-19(20-4)21-12-8-9-16(2)3;/h7,10-11,13,16H,6,8-9,12,14-15H2,1-5H3,(H2,20,21,22);1H. The number of hydrogen-bond acceptors (Lipinski definition) is 2. The summed E-state index contributed by atoms with van der Waals surface area (Å²) in [5.74, 6) is 1.64. The van der Waals surface area contributed by atoms with E-state index < -0.39 is 0 Å². The van der Waals surface area contributed by atoms with Crippen molar-refractivity contribution in [1.82, 2.24) is 15.5 Å². The molecular weight excluding hydrogens is 411 g/mol. The lowest BCUT2D eigenvalue weighted by Gasteiger charge is -2.15. The summed E-state index contributed by atoms with van der Waals surface area (Å²) in [7, 11) is 3.97. The van der Waals surface area contributed by atoms with Gasteiger partial charge in [-0.15, -0.1) is 24.0 Å². The van der Waals surface area contributed by atoms with E-state index in [9.17, 15) is 0 Å². The fourth-order valence-electron chi connectivity index (χ4n) is 2.38. The van der Waals surface area contributed by atoms with Crippen molar-refractivity contribution >= 4 is 29.9 Å². The molecule has 1 rings (SSSR count). The Morgan fingerprint density at radius 2 is 1.92 bits per heavy atom. The average Bonchev–Trinajstić information content (AvgIpc) is 2.54. The number of nitrogens with zero attached hydrogens (tertiary/aromatic N) is 2. The Kier molecular flexibility index (Phi) is 13.0. The fraction of sp³-hybridized carbons (Fsp3) is 0.632. The van der Waals surface area contributed by atoms with Crippen LogP contribution in [0.4, 0.5) is 0 Å². The summed E-state index contributed by atoms with van der Waals surface area (Å²) >= 11 is 0. The number of rotatable bonds is 9. The molecule has 0 unspecified atom stereocenters. The third kappa shape index (κ3) is 10.1. The van der Waals surface area contributed by atoms with E-state index in [2.05, 4.69) is 72.6 Å². The lowest BCUT2D eigenvalue weighted by atomic mass is 10.1. The summed E-state index contributed by atoms with van der Waals surface area (Å²) in [4.78, 5) is 6.60. The van der Waals surface area contributed by atoms with Gasteiger partial charge in [0.15, 0.2) is 5.96 Å². The molecule has 1 aromatic rings. The Bertz CT molecular complexity index is 474. The van der Waals surface area contributed by atoms with Gasteiger partial charge in [0.05, 0.1) is 0 Å². The van der Waals surface area contributed by atoms with Crippen molar-refractivity contribution < 1.29 is 0 Å². The van der Waals surface area contributed by atoms with Gasteiger partial charge in [-0.25, -0.2) is 0 Å². The van der Waals surface area contributed by atoms with Crippen LogP contribution >= 0.6 is 24.0 Å². The van der Waals surface area contributed by atoms with Crippen LogP contribution in [0.1, 0.15) is 44.7 Å². The maximum absolute atomic E-state index is 4.29. The molecule has 0 saturated heterocycles. The molecule has 0 fully saturated rings. The van der Waals surface area contributed by atoms with Crippen LogP contribution in [-0.2, 0) is 13.1 Å². The Morgan fingerprint density at radius 1 is 1.21 bits per heavy atom. The van der Waals surface area contributed by atoms with E-state index in [1.165, 1.54) is 24.0 Å². The molecule has 0 aliphatic heterocycles. The van der Waals surface area contributed by atoms with Crippen molar-refractivity contribution in [3.05, 3.63) is 35.4 Å². The van der Waals surface area contributed by atoms with Crippen LogP contribution in [0.2, 0.25) is 0 Å². The topological polar surface area (TPSA) is 39.7 Å². The lowest BCUT2D eigenvalue weighted by Crippen LogP contribution is -2.37. The maximum Gasteiger partial charge on any atom is 0.191 e. The zero-order valence-corrected chi connectivity index (χ0v) is 18.3. The molecule has 0 aliphatic carbocycles. The third-order valence-corrected chi connectivity index (χ3v) is 3.92. The highest BCUT2D eigenvalue weighted by Crippen LogP contribution is 2.07. The van der Waals surface area contributed by atoms with Crippen molar-refractivity contribution in [2.24, 2.45) is 10.9 Å². The molecule has 5 heteroatoms. The van der Waals surface area contributed by atoms with Crippen LogP contribution < -0.4 is 10.6 Å². The molecule has 0 aromatic heterocycles. The van der Waals surface area contributed by atoms with Gasteiger partial charge >= 0.3 is 0 Å². The van der Waals surface area contributed by atoms with Gasteiger partial charge in [-0.05, 0) is 43.5 Å². The molecule has 0 heterocycles. The summed E-state index contributed by atoms with van der Waals surface area (Å²) in [6, 6.07) is 8.75. The van der Waals surface area contributed by atoms with Gasteiger partial charge in [-0.2, -0.15) is 0 Å². The first-order valence-corrected chi connectivity index (χ1v) is 8.76. The van der Waals surface area contributed by atoms with Gasteiger partial charge in [0.1, 0.15) is 0 Å². The van der Waals surface area contributed by atoms with Crippen LogP contribution in [0, 0.1) is 5.92 Å². The predicted octanol–water partition coefficient (Wildman–Crippen LogP) is 3.86. The second kappa shape index (κ2) is 13.5. The molecule has 138 valence electrons. The lowest BCUT2D eigenvalue weighted by molar-refractivity contribution is 0.345. The number of nitrogens with one attached hydrogen (secondary N) is 2. The molecule has 2 N–H and O–H groups in total. The summed E-state index contributed by atoms with van der Waals surface area (Å²) < 4.78 is 0. The third-order valence-electron chi connectivity index (χ3n) is 3.92. The van der Waals surface area contributed by atoms with E-state index in [1.54, 1.807) is 0 Å². The summed E-state index contributed by atoms with van der Waals surface area (Å²) in [5.41, 5.74) is 2.64. The van der Waals surface area contributed by atoms with E-state index in [0.29, 0.717) is 0 Å². The van der Waals surface area contributed by atoms with Crippen molar-refractivity contribution in [1.29, 1.82) is 0 Å². The summed E-state index contributed by atoms with van der Waals surface area (Å²) in [5, 5.41) is 6.78. The molecule has 24 heavy (non-hydrogen) atoms. The highest BCUT2D eigenvalue weighted by molar-refractivity contribution is 14.0. The van der Waals surface area contributed by atoms with E-state index in [0.717, 1.165) is 38.1 Å². The van der Waals surface area contributed by atoms with Crippen LogP contribution in [-0.4, -0.2) is 38.0 Å². The maximum atomic E-state index is 4.29. The molecule has 0 amide bonds. The molecule has 1 aromatic carbocycles.